The first-order valence-corrected chi connectivity index (χ1v) is 11.9. The van der Waals surface area contributed by atoms with Crippen LogP contribution >= 0.6 is 0 Å². The van der Waals surface area contributed by atoms with Gasteiger partial charge in [0.15, 0.2) is 0 Å². The fourth-order valence-electron chi connectivity index (χ4n) is 4.81. The molecule has 3 atom stereocenters. The lowest BCUT2D eigenvalue weighted by atomic mass is 9.88. The first kappa shape index (κ1) is 21.1. The third-order valence-corrected chi connectivity index (χ3v) is 6.92. The largest absolute Gasteiger partial charge is 0.368 e. The van der Waals surface area contributed by atoms with Crippen molar-refractivity contribution in [3.05, 3.63) is 35.7 Å². The molecule has 0 spiro atoms. The topological polar surface area (TPSA) is 89.9 Å². The standard InChI is InChI=1S/C24H32N6O2/c1-2-17-12-21-22(28-23(17)31)11-16(13-25-21)15-29-7-9-30(10-8-29)19-5-6-20(26-14-19)24(32)27-18-3-4-18/h5-6,12-14,16,18,21-22H,2-4,7-11,15H2,1H3,(H,27,32)(H,28,31). The van der Waals surface area contributed by atoms with E-state index in [2.05, 4.69) is 31.6 Å². The van der Waals surface area contributed by atoms with E-state index in [0.717, 1.165) is 69.7 Å². The van der Waals surface area contributed by atoms with Crippen LogP contribution in [0.2, 0.25) is 0 Å². The Hall–Kier alpha value is -2.74. The average Bonchev–Trinajstić information content (AvgIpc) is 3.63. The van der Waals surface area contributed by atoms with E-state index in [1.165, 1.54) is 0 Å². The Labute approximate surface area is 189 Å². The maximum absolute atomic E-state index is 12.2. The number of pyridine rings is 1. The molecule has 1 aromatic rings. The molecule has 4 aliphatic rings. The SMILES string of the molecule is CCC1=CC2N=CC(CN3CCN(c4ccc(C(=O)NC5CC5)nc4)CC3)CC2NC1=O. The van der Waals surface area contributed by atoms with Crippen LogP contribution in [0.3, 0.4) is 0 Å². The number of nitrogens with one attached hydrogen (secondary N) is 2. The molecule has 1 aliphatic carbocycles. The van der Waals surface area contributed by atoms with Gasteiger partial charge in [-0.25, -0.2) is 4.98 Å². The predicted octanol–water partition coefficient (Wildman–Crippen LogP) is 1.39. The first-order chi connectivity index (χ1) is 15.6. The Kier molecular flexibility index (Phi) is 5.95. The molecule has 1 saturated carbocycles. The number of carbonyl (C=O) groups is 2. The summed E-state index contributed by atoms with van der Waals surface area (Å²) >= 11 is 0. The predicted molar refractivity (Wildman–Crippen MR) is 124 cm³/mol. The first-order valence-electron chi connectivity index (χ1n) is 11.9. The molecule has 2 amide bonds. The van der Waals surface area contributed by atoms with Gasteiger partial charge in [0.2, 0.25) is 5.91 Å². The van der Waals surface area contributed by atoms with Crippen molar-refractivity contribution in [2.45, 2.75) is 50.7 Å². The van der Waals surface area contributed by atoms with Crippen LogP contribution in [-0.4, -0.2) is 78.8 Å². The maximum Gasteiger partial charge on any atom is 0.270 e. The third kappa shape index (κ3) is 4.70. The van der Waals surface area contributed by atoms with E-state index in [9.17, 15) is 9.59 Å². The summed E-state index contributed by atoms with van der Waals surface area (Å²) in [6, 6.07) is 4.39. The number of aliphatic imine (C=N–C) groups is 1. The van der Waals surface area contributed by atoms with Crippen molar-refractivity contribution in [2.75, 3.05) is 37.6 Å². The summed E-state index contributed by atoms with van der Waals surface area (Å²) < 4.78 is 0. The lowest BCUT2D eigenvalue weighted by Gasteiger charge is -2.39. The molecule has 8 nitrogen and oxygen atoms in total. The highest BCUT2D eigenvalue weighted by Gasteiger charge is 2.33. The highest BCUT2D eigenvalue weighted by Crippen LogP contribution is 2.25. The summed E-state index contributed by atoms with van der Waals surface area (Å²) in [4.78, 5) is 38.2. The number of hydrogen-bond donors (Lipinski definition) is 2. The number of anilines is 1. The molecule has 1 aromatic heterocycles. The van der Waals surface area contributed by atoms with Crippen LogP contribution in [0.25, 0.3) is 0 Å². The Morgan fingerprint density at radius 2 is 2.03 bits per heavy atom. The van der Waals surface area contributed by atoms with Crippen molar-refractivity contribution in [3.63, 3.8) is 0 Å². The van der Waals surface area contributed by atoms with E-state index in [1.807, 2.05) is 31.3 Å². The summed E-state index contributed by atoms with van der Waals surface area (Å²) in [5, 5.41) is 6.14. The van der Waals surface area contributed by atoms with Gasteiger partial charge in [0.05, 0.1) is 24.0 Å². The number of carbonyl (C=O) groups excluding carboxylic acids is 2. The average molecular weight is 437 g/mol. The molecule has 2 N–H and O–H groups in total. The van der Waals surface area contributed by atoms with E-state index in [1.54, 1.807) is 0 Å². The highest BCUT2D eigenvalue weighted by atomic mass is 16.2. The molecule has 0 radical (unpaired) electrons. The van der Waals surface area contributed by atoms with Gasteiger partial charge in [-0.05, 0) is 43.9 Å². The number of amides is 2. The molecule has 2 fully saturated rings. The zero-order valence-electron chi connectivity index (χ0n) is 18.7. The van der Waals surface area contributed by atoms with Crippen LogP contribution in [0.5, 0.6) is 0 Å². The van der Waals surface area contributed by atoms with Gasteiger partial charge in [-0.1, -0.05) is 6.92 Å². The molecule has 3 aliphatic heterocycles. The second-order valence-electron chi connectivity index (χ2n) is 9.35. The van der Waals surface area contributed by atoms with Gasteiger partial charge in [-0.15, -0.1) is 0 Å². The second-order valence-corrected chi connectivity index (χ2v) is 9.35. The fourth-order valence-corrected chi connectivity index (χ4v) is 4.81. The van der Waals surface area contributed by atoms with Crippen molar-refractivity contribution in [2.24, 2.45) is 10.9 Å². The lowest BCUT2D eigenvalue weighted by Crippen LogP contribution is -2.52. The zero-order chi connectivity index (χ0) is 22.1. The fraction of sp³-hybridized carbons (Fsp3) is 0.583. The van der Waals surface area contributed by atoms with Crippen LogP contribution < -0.4 is 15.5 Å². The van der Waals surface area contributed by atoms with Crippen LogP contribution in [0.15, 0.2) is 35.0 Å². The van der Waals surface area contributed by atoms with E-state index in [-0.39, 0.29) is 23.9 Å². The van der Waals surface area contributed by atoms with Crippen LogP contribution in [0.1, 0.15) is 43.1 Å². The van der Waals surface area contributed by atoms with Crippen LogP contribution in [0.4, 0.5) is 5.69 Å². The third-order valence-electron chi connectivity index (χ3n) is 6.92. The summed E-state index contributed by atoms with van der Waals surface area (Å²) in [7, 11) is 0. The Morgan fingerprint density at radius 1 is 1.22 bits per heavy atom. The van der Waals surface area contributed by atoms with Crippen molar-refractivity contribution in [1.29, 1.82) is 0 Å². The molecular formula is C24H32N6O2. The van der Waals surface area contributed by atoms with Gasteiger partial charge in [0, 0.05) is 56.5 Å². The molecule has 8 heteroatoms. The minimum atomic E-state index is -0.0733. The molecule has 3 unspecified atom stereocenters. The van der Waals surface area contributed by atoms with E-state index in [4.69, 9.17) is 4.99 Å². The summed E-state index contributed by atoms with van der Waals surface area (Å²) in [5.41, 5.74) is 2.41. The molecule has 1 saturated heterocycles. The van der Waals surface area contributed by atoms with Gasteiger partial charge in [0.25, 0.3) is 5.91 Å². The number of piperazine rings is 1. The smallest absolute Gasteiger partial charge is 0.270 e. The normalized spacial score (nSPS) is 28.0. The molecule has 4 heterocycles. The lowest BCUT2D eigenvalue weighted by molar-refractivity contribution is -0.119. The van der Waals surface area contributed by atoms with Crippen molar-refractivity contribution < 1.29 is 9.59 Å². The second kappa shape index (κ2) is 9.02. The van der Waals surface area contributed by atoms with Gasteiger partial charge in [-0.2, -0.15) is 0 Å². The number of aromatic nitrogens is 1. The van der Waals surface area contributed by atoms with Crippen molar-refractivity contribution >= 4 is 23.7 Å². The summed E-state index contributed by atoms with van der Waals surface area (Å²) in [5.74, 6) is 0.365. The Balaban J connectivity index is 1.11. The van der Waals surface area contributed by atoms with Crippen LogP contribution in [0, 0.1) is 5.92 Å². The molecule has 0 aromatic carbocycles. The minimum Gasteiger partial charge on any atom is -0.368 e. The molecule has 32 heavy (non-hydrogen) atoms. The quantitative estimate of drug-likeness (QED) is 0.704. The van der Waals surface area contributed by atoms with E-state index >= 15 is 0 Å². The van der Waals surface area contributed by atoms with Gasteiger partial charge in [0.1, 0.15) is 5.69 Å². The Bertz CT molecular complexity index is 915. The number of hydrogen-bond acceptors (Lipinski definition) is 6. The van der Waals surface area contributed by atoms with E-state index in [0.29, 0.717) is 17.7 Å². The van der Waals surface area contributed by atoms with Gasteiger partial charge >= 0.3 is 0 Å². The monoisotopic (exact) mass is 436 g/mol. The van der Waals surface area contributed by atoms with Crippen molar-refractivity contribution in [1.82, 2.24) is 20.5 Å². The van der Waals surface area contributed by atoms with Gasteiger partial charge < -0.3 is 15.5 Å². The van der Waals surface area contributed by atoms with E-state index < -0.39 is 0 Å². The zero-order valence-corrected chi connectivity index (χ0v) is 18.7. The number of fused-ring (bicyclic) bond motifs is 1. The maximum atomic E-state index is 12.2. The number of rotatable bonds is 6. The summed E-state index contributed by atoms with van der Waals surface area (Å²) in [6.45, 7) is 6.81. The highest BCUT2D eigenvalue weighted by molar-refractivity contribution is 5.95. The molecule has 170 valence electrons. The molecule has 0 bridgehead atoms. The summed E-state index contributed by atoms with van der Waals surface area (Å²) in [6.07, 6.45) is 9.82. The number of nitrogens with zero attached hydrogens (tertiary/aromatic N) is 4. The van der Waals surface area contributed by atoms with Crippen molar-refractivity contribution in [3.8, 4) is 0 Å². The minimum absolute atomic E-state index is 0.0721. The molecular weight excluding hydrogens is 404 g/mol. The Morgan fingerprint density at radius 3 is 2.72 bits per heavy atom. The molecule has 5 rings (SSSR count). The van der Waals surface area contributed by atoms with Crippen LogP contribution in [-0.2, 0) is 4.79 Å². The van der Waals surface area contributed by atoms with Gasteiger partial charge in [-0.3, -0.25) is 19.5 Å².